The van der Waals surface area contributed by atoms with Crippen molar-refractivity contribution in [3.63, 3.8) is 0 Å². The summed E-state index contributed by atoms with van der Waals surface area (Å²) in [6, 6.07) is 0. The Hall–Kier alpha value is -0.0400. The molecule has 0 heterocycles. The van der Waals surface area contributed by atoms with E-state index in [0.717, 1.165) is 12.5 Å². The average Bonchev–Trinajstić information content (AvgIpc) is 1.78. The first-order chi connectivity index (χ1) is 4.64. The number of rotatable bonds is 3. The van der Waals surface area contributed by atoms with Crippen LogP contribution in [0.25, 0.3) is 0 Å². The van der Waals surface area contributed by atoms with E-state index in [0.29, 0.717) is 5.41 Å². The molecule has 0 aromatic rings. The zero-order valence-electron chi connectivity index (χ0n) is 7.41. The number of hydrogen-bond acceptors (Lipinski definition) is 1. The van der Waals surface area contributed by atoms with E-state index in [2.05, 4.69) is 26.1 Å². The van der Waals surface area contributed by atoms with Gasteiger partial charge in [0.1, 0.15) is 0 Å². The molecule has 1 aliphatic rings. The molecule has 0 atom stereocenters. The zero-order chi connectivity index (χ0) is 7.61. The largest absolute Gasteiger partial charge is 0.317 e. The van der Waals surface area contributed by atoms with Gasteiger partial charge < -0.3 is 5.32 Å². The highest BCUT2D eigenvalue weighted by atomic mass is 14.9. The van der Waals surface area contributed by atoms with E-state index in [1.165, 1.54) is 19.4 Å². The summed E-state index contributed by atoms with van der Waals surface area (Å²) in [5.41, 5.74) is 0.653. The average molecular weight is 141 g/mol. The van der Waals surface area contributed by atoms with E-state index in [1.807, 2.05) is 0 Å². The van der Waals surface area contributed by atoms with Gasteiger partial charge in [-0.05, 0) is 37.3 Å². The molecule has 0 unspecified atom stereocenters. The molecule has 1 N–H and O–H groups in total. The number of nitrogens with one attached hydrogen (secondary N) is 1. The van der Waals surface area contributed by atoms with E-state index >= 15 is 0 Å². The first-order valence-electron chi connectivity index (χ1n) is 4.35. The van der Waals surface area contributed by atoms with E-state index in [-0.39, 0.29) is 0 Å². The minimum Gasteiger partial charge on any atom is -0.317 e. The summed E-state index contributed by atoms with van der Waals surface area (Å²) in [5, 5.41) is 3.39. The molecule has 0 aliphatic heterocycles. The Morgan fingerprint density at radius 3 is 2.40 bits per heavy atom. The van der Waals surface area contributed by atoms with Crippen LogP contribution < -0.4 is 5.32 Å². The first-order valence-corrected chi connectivity index (χ1v) is 4.35. The van der Waals surface area contributed by atoms with Gasteiger partial charge in [-0.25, -0.2) is 0 Å². The second-order valence-electron chi connectivity index (χ2n) is 4.25. The summed E-state index contributed by atoms with van der Waals surface area (Å²) in [7, 11) is 0. The fraction of sp³-hybridized carbons (Fsp3) is 1.00. The Morgan fingerprint density at radius 2 is 2.00 bits per heavy atom. The molecule has 60 valence electrons. The quantitative estimate of drug-likeness (QED) is 0.634. The predicted molar refractivity (Wildman–Crippen MR) is 45.0 cm³/mol. The van der Waals surface area contributed by atoms with E-state index in [9.17, 15) is 0 Å². The van der Waals surface area contributed by atoms with Crippen LogP contribution in [0.2, 0.25) is 0 Å². The molecule has 1 heteroatoms. The molecule has 0 amide bonds. The molecular weight excluding hydrogens is 122 g/mol. The molecule has 1 fully saturated rings. The maximum absolute atomic E-state index is 3.39. The molecule has 1 saturated carbocycles. The van der Waals surface area contributed by atoms with Gasteiger partial charge in [0.05, 0.1) is 0 Å². The van der Waals surface area contributed by atoms with Gasteiger partial charge in [0.2, 0.25) is 0 Å². The standard InChI is InChI=1S/C9H19N/c1-4-10-7-8-5-9(2,3)6-8/h8,10H,4-7H2,1-3H3. The first kappa shape index (κ1) is 8.06. The fourth-order valence-electron chi connectivity index (χ4n) is 2.00. The van der Waals surface area contributed by atoms with Gasteiger partial charge in [-0.2, -0.15) is 0 Å². The molecule has 0 saturated heterocycles. The lowest BCUT2D eigenvalue weighted by atomic mass is 9.64. The van der Waals surface area contributed by atoms with Crippen molar-refractivity contribution in [3.05, 3.63) is 0 Å². The van der Waals surface area contributed by atoms with Crippen LogP contribution in [0.3, 0.4) is 0 Å². The molecule has 10 heavy (non-hydrogen) atoms. The Labute approximate surface area is 64.2 Å². The third-order valence-electron chi connectivity index (χ3n) is 2.37. The molecule has 0 spiro atoms. The van der Waals surface area contributed by atoms with Crippen LogP contribution in [-0.2, 0) is 0 Å². The Balaban J connectivity index is 2.03. The molecule has 1 nitrogen and oxygen atoms in total. The van der Waals surface area contributed by atoms with Crippen molar-refractivity contribution in [2.75, 3.05) is 13.1 Å². The molecule has 0 radical (unpaired) electrons. The smallest absolute Gasteiger partial charge is 0.00202 e. The minimum absolute atomic E-state index is 0.653. The van der Waals surface area contributed by atoms with Crippen molar-refractivity contribution >= 4 is 0 Å². The van der Waals surface area contributed by atoms with Crippen LogP contribution in [0.15, 0.2) is 0 Å². The van der Waals surface area contributed by atoms with Gasteiger partial charge in [-0.15, -0.1) is 0 Å². The minimum atomic E-state index is 0.653. The van der Waals surface area contributed by atoms with Gasteiger partial charge in [0.25, 0.3) is 0 Å². The summed E-state index contributed by atoms with van der Waals surface area (Å²) in [5.74, 6) is 0.968. The van der Waals surface area contributed by atoms with Crippen LogP contribution in [0.4, 0.5) is 0 Å². The highest BCUT2D eigenvalue weighted by molar-refractivity contribution is 4.87. The molecule has 0 aromatic carbocycles. The van der Waals surface area contributed by atoms with Crippen molar-refractivity contribution in [3.8, 4) is 0 Å². The monoisotopic (exact) mass is 141 g/mol. The Morgan fingerprint density at radius 1 is 1.40 bits per heavy atom. The van der Waals surface area contributed by atoms with Crippen LogP contribution in [0.5, 0.6) is 0 Å². The second-order valence-corrected chi connectivity index (χ2v) is 4.25. The second kappa shape index (κ2) is 2.91. The summed E-state index contributed by atoms with van der Waals surface area (Å²) in [6.07, 6.45) is 2.83. The molecule has 0 bridgehead atoms. The third-order valence-corrected chi connectivity index (χ3v) is 2.37. The topological polar surface area (TPSA) is 12.0 Å². The molecule has 1 aliphatic carbocycles. The van der Waals surface area contributed by atoms with Gasteiger partial charge in [-0.1, -0.05) is 20.8 Å². The molecule has 1 rings (SSSR count). The van der Waals surface area contributed by atoms with Crippen molar-refractivity contribution in [1.29, 1.82) is 0 Å². The molecular formula is C9H19N. The van der Waals surface area contributed by atoms with Gasteiger partial charge in [-0.3, -0.25) is 0 Å². The van der Waals surface area contributed by atoms with Crippen molar-refractivity contribution in [2.24, 2.45) is 11.3 Å². The van der Waals surface area contributed by atoms with E-state index < -0.39 is 0 Å². The predicted octanol–water partition coefficient (Wildman–Crippen LogP) is 2.03. The van der Waals surface area contributed by atoms with E-state index in [1.54, 1.807) is 0 Å². The summed E-state index contributed by atoms with van der Waals surface area (Å²) >= 11 is 0. The van der Waals surface area contributed by atoms with Crippen molar-refractivity contribution in [1.82, 2.24) is 5.32 Å². The maximum atomic E-state index is 3.39. The summed E-state index contributed by atoms with van der Waals surface area (Å²) in [4.78, 5) is 0. The van der Waals surface area contributed by atoms with Crippen LogP contribution in [-0.4, -0.2) is 13.1 Å². The number of hydrogen-bond donors (Lipinski definition) is 1. The van der Waals surface area contributed by atoms with Crippen molar-refractivity contribution < 1.29 is 0 Å². The van der Waals surface area contributed by atoms with E-state index in [4.69, 9.17) is 0 Å². The summed E-state index contributed by atoms with van der Waals surface area (Å²) < 4.78 is 0. The Kier molecular flexibility index (Phi) is 2.35. The van der Waals surface area contributed by atoms with Gasteiger partial charge in [0, 0.05) is 0 Å². The Bertz CT molecular complexity index is 99.3. The van der Waals surface area contributed by atoms with Crippen LogP contribution in [0, 0.1) is 11.3 Å². The van der Waals surface area contributed by atoms with Gasteiger partial charge >= 0.3 is 0 Å². The SMILES string of the molecule is CCNCC1CC(C)(C)C1. The van der Waals surface area contributed by atoms with Gasteiger partial charge in [0.15, 0.2) is 0 Å². The summed E-state index contributed by atoms with van der Waals surface area (Å²) in [6.45, 7) is 9.24. The van der Waals surface area contributed by atoms with Crippen LogP contribution >= 0.6 is 0 Å². The van der Waals surface area contributed by atoms with Crippen LogP contribution in [0.1, 0.15) is 33.6 Å². The lowest BCUT2D eigenvalue weighted by molar-refractivity contribution is 0.0964. The van der Waals surface area contributed by atoms with Crippen molar-refractivity contribution in [2.45, 2.75) is 33.6 Å². The zero-order valence-corrected chi connectivity index (χ0v) is 7.41. The fourth-order valence-corrected chi connectivity index (χ4v) is 2.00. The third kappa shape index (κ3) is 1.98. The normalized spacial score (nSPS) is 24.3. The molecule has 0 aromatic heterocycles. The lowest BCUT2D eigenvalue weighted by Crippen LogP contribution is -2.38. The highest BCUT2D eigenvalue weighted by Gasteiger charge is 2.35. The maximum Gasteiger partial charge on any atom is -0.00202 e. The highest BCUT2D eigenvalue weighted by Crippen LogP contribution is 2.44. The lowest BCUT2D eigenvalue weighted by Gasteiger charge is -2.42.